The van der Waals surface area contributed by atoms with Crippen molar-refractivity contribution in [2.75, 3.05) is 32.1 Å². The lowest BCUT2D eigenvalue weighted by atomic mass is 9.77. The standard InChI is InChI=1S/C22H28N4O2/c1-14-10-17(11-15(2)18(14)27)20(28)26-9-5-7-22(13-26)8-6-16-12-23-21(25(3)4)24-19(16)22/h10-12,27H,5-9,13H2,1-4H3. The van der Waals surface area contributed by atoms with E-state index >= 15 is 0 Å². The maximum Gasteiger partial charge on any atom is 0.253 e. The number of phenols is 1. The molecule has 2 heterocycles. The van der Waals surface area contributed by atoms with Crippen molar-refractivity contribution in [1.82, 2.24) is 14.9 Å². The summed E-state index contributed by atoms with van der Waals surface area (Å²) < 4.78 is 0. The molecule has 1 fully saturated rings. The molecule has 28 heavy (non-hydrogen) atoms. The summed E-state index contributed by atoms with van der Waals surface area (Å²) >= 11 is 0. The van der Waals surface area contributed by atoms with Gasteiger partial charge in [0.05, 0.1) is 5.69 Å². The van der Waals surface area contributed by atoms with E-state index < -0.39 is 0 Å². The van der Waals surface area contributed by atoms with E-state index in [9.17, 15) is 9.90 Å². The molecule has 0 saturated carbocycles. The van der Waals surface area contributed by atoms with Crippen LogP contribution >= 0.6 is 0 Å². The first-order valence-electron chi connectivity index (χ1n) is 9.94. The van der Waals surface area contributed by atoms with Crippen molar-refractivity contribution in [2.24, 2.45) is 0 Å². The summed E-state index contributed by atoms with van der Waals surface area (Å²) in [6.07, 6.45) is 5.98. The zero-order valence-corrected chi connectivity index (χ0v) is 17.1. The van der Waals surface area contributed by atoms with Gasteiger partial charge in [0, 0.05) is 44.4 Å². The summed E-state index contributed by atoms with van der Waals surface area (Å²) in [6, 6.07) is 3.59. The molecular formula is C22H28N4O2. The van der Waals surface area contributed by atoms with Gasteiger partial charge >= 0.3 is 0 Å². The number of aryl methyl sites for hydroxylation is 3. The SMILES string of the molecule is Cc1cc(C(=O)N2CCCC3(CCc4cnc(N(C)C)nc43)C2)cc(C)c1O. The van der Waals surface area contributed by atoms with Gasteiger partial charge in [-0.1, -0.05) is 0 Å². The summed E-state index contributed by atoms with van der Waals surface area (Å²) in [5.74, 6) is 1.04. The number of nitrogens with zero attached hydrogens (tertiary/aromatic N) is 4. The molecule has 4 rings (SSSR count). The third-order valence-corrected chi connectivity index (χ3v) is 6.23. The van der Waals surface area contributed by atoms with Crippen molar-refractivity contribution < 1.29 is 9.90 Å². The Morgan fingerprint density at radius 1 is 1.21 bits per heavy atom. The van der Waals surface area contributed by atoms with Crippen LogP contribution < -0.4 is 4.90 Å². The molecule has 0 radical (unpaired) electrons. The molecule has 1 atom stereocenters. The average Bonchev–Trinajstić information content (AvgIpc) is 3.02. The van der Waals surface area contributed by atoms with Gasteiger partial charge in [-0.15, -0.1) is 0 Å². The number of amides is 1. The summed E-state index contributed by atoms with van der Waals surface area (Å²) in [6.45, 7) is 5.13. The molecule has 2 aliphatic rings. The predicted octanol–water partition coefficient (Wildman–Crippen LogP) is 2.99. The highest BCUT2D eigenvalue weighted by Crippen LogP contribution is 2.44. The first-order valence-corrected chi connectivity index (χ1v) is 9.94. The van der Waals surface area contributed by atoms with Crippen molar-refractivity contribution in [3.8, 4) is 5.75 Å². The molecule has 2 aromatic rings. The molecule has 1 saturated heterocycles. The average molecular weight is 380 g/mol. The summed E-state index contributed by atoms with van der Waals surface area (Å²) in [4.78, 5) is 26.5. The smallest absolute Gasteiger partial charge is 0.253 e. The van der Waals surface area contributed by atoms with Gasteiger partial charge in [-0.05, 0) is 68.4 Å². The Balaban J connectivity index is 1.65. The summed E-state index contributed by atoms with van der Waals surface area (Å²) in [5.41, 5.74) is 4.41. The van der Waals surface area contributed by atoms with Crippen LogP contribution in [0.3, 0.4) is 0 Å². The number of benzene rings is 1. The number of phenolic OH excluding ortho intramolecular Hbond substituents is 1. The second-order valence-corrected chi connectivity index (χ2v) is 8.51. The van der Waals surface area contributed by atoms with Gasteiger partial charge < -0.3 is 14.9 Å². The third-order valence-electron chi connectivity index (χ3n) is 6.23. The van der Waals surface area contributed by atoms with Gasteiger partial charge in [0.1, 0.15) is 5.75 Å². The molecule has 1 N–H and O–H groups in total. The maximum absolute atomic E-state index is 13.2. The minimum Gasteiger partial charge on any atom is -0.507 e. The number of piperidine rings is 1. The highest BCUT2D eigenvalue weighted by Gasteiger charge is 2.45. The number of hydrogen-bond donors (Lipinski definition) is 1. The van der Waals surface area contributed by atoms with Crippen molar-refractivity contribution in [1.29, 1.82) is 0 Å². The molecule has 1 aliphatic heterocycles. The third kappa shape index (κ3) is 3.01. The zero-order valence-electron chi connectivity index (χ0n) is 17.1. The van der Waals surface area contributed by atoms with Gasteiger partial charge in [0.25, 0.3) is 5.91 Å². The molecule has 1 aromatic carbocycles. The minimum atomic E-state index is -0.0715. The second kappa shape index (κ2) is 6.76. The number of fused-ring (bicyclic) bond motifs is 2. The summed E-state index contributed by atoms with van der Waals surface area (Å²) in [7, 11) is 3.91. The predicted molar refractivity (Wildman–Crippen MR) is 109 cm³/mol. The molecule has 148 valence electrons. The molecule has 1 aliphatic carbocycles. The molecule has 1 spiro atoms. The Morgan fingerprint density at radius 3 is 2.61 bits per heavy atom. The quantitative estimate of drug-likeness (QED) is 0.867. The van der Waals surface area contributed by atoms with Crippen LogP contribution in [0, 0.1) is 13.8 Å². The van der Waals surface area contributed by atoms with Crippen LogP contribution in [0.5, 0.6) is 5.75 Å². The molecule has 1 aromatic heterocycles. The fourth-order valence-electron chi connectivity index (χ4n) is 4.71. The molecular weight excluding hydrogens is 352 g/mol. The van der Waals surface area contributed by atoms with Crippen LogP contribution in [-0.2, 0) is 11.8 Å². The lowest BCUT2D eigenvalue weighted by molar-refractivity contribution is 0.0633. The highest BCUT2D eigenvalue weighted by molar-refractivity contribution is 5.95. The number of rotatable bonds is 2. The summed E-state index contributed by atoms with van der Waals surface area (Å²) in [5, 5.41) is 10.0. The number of aromatic nitrogens is 2. The van der Waals surface area contributed by atoms with Crippen LogP contribution in [0.4, 0.5) is 5.95 Å². The van der Waals surface area contributed by atoms with Crippen LogP contribution in [0.15, 0.2) is 18.3 Å². The molecule has 1 unspecified atom stereocenters. The molecule has 6 nitrogen and oxygen atoms in total. The monoisotopic (exact) mass is 380 g/mol. The Bertz CT molecular complexity index is 913. The number of carbonyl (C=O) groups is 1. The van der Waals surface area contributed by atoms with E-state index in [0.717, 1.165) is 55.0 Å². The minimum absolute atomic E-state index is 0.0422. The Morgan fingerprint density at radius 2 is 1.93 bits per heavy atom. The first-order chi connectivity index (χ1) is 13.3. The second-order valence-electron chi connectivity index (χ2n) is 8.51. The Kier molecular flexibility index (Phi) is 4.52. The van der Waals surface area contributed by atoms with E-state index in [0.29, 0.717) is 12.1 Å². The maximum atomic E-state index is 13.2. The van der Waals surface area contributed by atoms with E-state index in [4.69, 9.17) is 4.98 Å². The van der Waals surface area contributed by atoms with Gasteiger partial charge in [0.15, 0.2) is 0 Å². The van der Waals surface area contributed by atoms with Crippen molar-refractivity contribution in [3.05, 3.63) is 46.3 Å². The first kappa shape index (κ1) is 18.7. The number of likely N-dealkylation sites (tertiary alicyclic amines) is 1. The normalized spacial score (nSPS) is 21.1. The van der Waals surface area contributed by atoms with Crippen LogP contribution in [-0.4, -0.2) is 53.1 Å². The highest BCUT2D eigenvalue weighted by atomic mass is 16.3. The number of aromatic hydroxyl groups is 1. The van der Waals surface area contributed by atoms with E-state index in [2.05, 4.69) is 4.98 Å². The lowest BCUT2D eigenvalue weighted by Crippen LogP contribution is -2.48. The van der Waals surface area contributed by atoms with Crippen LogP contribution in [0.1, 0.15) is 52.0 Å². The van der Waals surface area contributed by atoms with Crippen LogP contribution in [0.25, 0.3) is 0 Å². The zero-order chi connectivity index (χ0) is 20.1. The Hall–Kier alpha value is -2.63. The van der Waals surface area contributed by atoms with Gasteiger partial charge in [-0.2, -0.15) is 0 Å². The van der Waals surface area contributed by atoms with Gasteiger partial charge in [-0.3, -0.25) is 4.79 Å². The van der Waals surface area contributed by atoms with E-state index in [1.807, 2.05) is 43.9 Å². The van der Waals surface area contributed by atoms with Crippen molar-refractivity contribution in [3.63, 3.8) is 0 Å². The van der Waals surface area contributed by atoms with E-state index in [1.54, 1.807) is 12.1 Å². The number of carbonyl (C=O) groups excluding carboxylic acids is 1. The fourth-order valence-corrected chi connectivity index (χ4v) is 4.71. The number of hydrogen-bond acceptors (Lipinski definition) is 5. The van der Waals surface area contributed by atoms with Gasteiger partial charge in [-0.25, -0.2) is 9.97 Å². The lowest BCUT2D eigenvalue weighted by Gasteiger charge is -2.40. The van der Waals surface area contributed by atoms with E-state index in [-0.39, 0.29) is 17.1 Å². The van der Waals surface area contributed by atoms with Crippen molar-refractivity contribution >= 4 is 11.9 Å². The fraction of sp³-hybridized carbons (Fsp3) is 0.500. The van der Waals surface area contributed by atoms with E-state index in [1.165, 1.54) is 5.56 Å². The Labute approximate surface area is 166 Å². The largest absolute Gasteiger partial charge is 0.507 e. The van der Waals surface area contributed by atoms with Crippen molar-refractivity contribution in [2.45, 2.75) is 44.9 Å². The van der Waals surface area contributed by atoms with Crippen LogP contribution in [0.2, 0.25) is 0 Å². The molecule has 6 heteroatoms. The van der Waals surface area contributed by atoms with Gasteiger partial charge in [0.2, 0.25) is 5.95 Å². The number of anilines is 1. The molecule has 0 bridgehead atoms. The molecule has 1 amide bonds. The topological polar surface area (TPSA) is 69.6 Å².